The summed E-state index contributed by atoms with van der Waals surface area (Å²) >= 11 is 0. The minimum absolute atomic E-state index is 0.0202. The lowest BCUT2D eigenvalue weighted by atomic mass is 9.81. The number of carbonyl (C=O) groups is 1. The number of hydrogen-bond donors (Lipinski definition) is 1. The van der Waals surface area contributed by atoms with E-state index in [1.165, 1.54) is 17.5 Å². The fourth-order valence-corrected chi connectivity index (χ4v) is 15.2. The van der Waals surface area contributed by atoms with E-state index in [0.29, 0.717) is 26.1 Å². The number of H-pyrrole nitrogens is 1. The number of para-hydroxylation sites is 1. The van der Waals surface area contributed by atoms with Crippen molar-refractivity contribution in [2.24, 2.45) is 5.92 Å². The summed E-state index contributed by atoms with van der Waals surface area (Å²) in [5.74, 6) is -0.804. The molecule has 4 aromatic rings. The molecule has 3 atom stereocenters. The molecule has 2 unspecified atom stereocenters. The largest absolute Gasteiger partial charge is 0.469 e. The average molecular weight is 786 g/mol. The van der Waals surface area contributed by atoms with E-state index in [9.17, 15) is 4.79 Å². The zero-order chi connectivity index (χ0) is 39.7. The van der Waals surface area contributed by atoms with Crippen LogP contribution in [0.25, 0.3) is 10.9 Å². The van der Waals surface area contributed by atoms with Crippen molar-refractivity contribution in [3.05, 3.63) is 96.2 Å². The van der Waals surface area contributed by atoms with Crippen molar-refractivity contribution in [1.82, 2.24) is 4.98 Å². The van der Waals surface area contributed by atoms with Gasteiger partial charge in [-0.1, -0.05) is 113 Å². The number of nitrogens with one attached hydrogen (secondary N) is 1. The van der Waals surface area contributed by atoms with Crippen LogP contribution in [0.3, 0.4) is 0 Å². The predicted octanol–water partition coefficient (Wildman–Crippen LogP) is 9.89. The first-order valence-electron chi connectivity index (χ1n) is 20.6. The molecule has 55 heavy (non-hydrogen) atoms. The molecule has 300 valence electrons. The van der Waals surface area contributed by atoms with E-state index in [-0.39, 0.29) is 28.8 Å². The normalized spacial score (nSPS) is 16.9. The summed E-state index contributed by atoms with van der Waals surface area (Å²) in [6, 6.07) is 30.0. The number of esters is 1. The number of ether oxygens (including phenoxy) is 3. The highest BCUT2D eigenvalue weighted by molar-refractivity contribution is 6.99. The van der Waals surface area contributed by atoms with Crippen molar-refractivity contribution < 1.29 is 27.9 Å². The minimum atomic E-state index is -2.88. The van der Waals surface area contributed by atoms with Crippen LogP contribution in [0.5, 0.6) is 0 Å². The van der Waals surface area contributed by atoms with Gasteiger partial charge in [-0.25, -0.2) is 0 Å². The number of aromatic amines is 1. The molecule has 0 bridgehead atoms. The average Bonchev–Trinajstić information content (AvgIpc) is 3.54. The second-order valence-electron chi connectivity index (χ2n) is 17.4. The van der Waals surface area contributed by atoms with Crippen LogP contribution in [0, 0.1) is 5.92 Å². The van der Waals surface area contributed by atoms with E-state index in [4.69, 9.17) is 23.1 Å². The highest BCUT2D eigenvalue weighted by Crippen LogP contribution is 2.41. The second-order valence-corrected chi connectivity index (χ2v) is 26.2. The molecular formula is C46H67NO6Si2. The molecule has 0 aliphatic carbocycles. The Hall–Kier alpha value is -3.06. The summed E-state index contributed by atoms with van der Waals surface area (Å²) in [6.45, 7) is 20.0. The predicted molar refractivity (Wildman–Crippen MR) is 230 cm³/mol. The number of fused-ring (bicyclic) bond motifs is 1. The maximum absolute atomic E-state index is 14.2. The summed E-state index contributed by atoms with van der Waals surface area (Å²) in [5, 5.41) is 3.41. The van der Waals surface area contributed by atoms with E-state index in [1.807, 2.05) is 6.07 Å². The van der Waals surface area contributed by atoms with Crippen LogP contribution in [-0.4, -0.2) is 66.4 Å². The third kappa shape index (κ3) is 10.5. The standard InChI is InChI=1S/C46H67NO6Si2/c1-10-46(11-2,53-54(7,8)9)33-35(34-52-55(45(3,4)5,36-22-14-12-15-23-36)37-24-16-13-17-25-37)32-40(44(48)49-6)43-39(38-26-18-19-27-41(38)47-43)29-31-51-42-28-20-21-30-50-42/h12-19,22-27,35,40,42,47H,10-11,20-21,28-34H2,1-9H3/t35-,40?,42?/m1/s1. The maximum Gasteiger partial charge on any atom is 0.314 e. The van der Waals surface area contributed by atoms with Crippen molar-refractivity contribution in [2.45, 2.75) is 128 Å². The maximum atomic E-state index is 14.2. The minimum Gasteiger partial charge on any atom is -0.469 e. The van der Waals surface area contributed by atoms with Crippen LogP contribution in [0.15, 0.2) is 84.9 Å². The molecule has 1 saturated heterocycles. The number of aromatic nitrogens is 1. The van der Waals surface area contributed by atoms with Gasteiger partial charge in [0.25, 0.3) is 8.32 Å². The quantitative estimate of drug-likeness (QED) is 0.0754. The Morgan fingerprint density at radius 1 is 0.891 bits per heavy atom. The molecule has 1 fully saturated rings. The highest BCUT2D eigenvalue weighted by Gasteiger charge is 2.51. The molecule has 9 heteroatoms. The van der Waals surface area contributed by atoms with Crippen molar-refractivity contribution in [2.75, 3.05) is 26.9 Å². The Labute approximate surface area is 333 Å². The Kier molecular flexibility index (Phi) is 14.8. The SMILES string of the molecule is CCC(CC)(C[C@H](CO[Si](c1ccccc1)(c1ccccc1)C(C)(C)C)CC(C(=O)OC)c1[nH]c2ccccc2c1CCOC1CCCCO1)O[Si](C)(C)C. The van der Waals surface area contributed by atoms with E-state index < -0.39 is 22.6 Å². The Morgan fingerprint density at radius 3 is 2.05 bits per heavy atom. The lowest BCUT2D eigenvalue weighted by molar-refractivity contribution is -0.161. The Morgan fingerprint density at radius 2 is 1.51 bits per heavy atom. The lowest BCUT2D eigenvalue weighted by Crippen LogP contribution is -2.67. The van der Waals surface area contributed by atoms with Gasteiger partial charge in [0.2, 0.25) is 0 Å². The van der Waals surface area contributed by atoms with Crippen LogP contribution in [0.4, 0.5) is 0 Å². The zero-order valence-electron chi connectivity index (χ0n) is 35.0. The van der Waals surface area contributed by atoms with Crippen LogP contribution in [0.1, 0.15) is 96.7 Å². The van der Waals surface area contributed by atoms with Gasteiger partial charge in [-0.3, -0.25) is 4.79 Å². The van der Waals surface area contributed by atoms with Gasteiger partial charge in [-0.05, 0) is 104 Å². The molecule has 1 aliphatic heterocycles. The second kappa shape index (κ2) is 18.9. The van der Waals surface area contributed by atoms with E-state index in [1.54, 1.807) is 0 Å². The molecule has 0 spiro atoms. The van der Waals surface area contributed by atoms with Crippen molar-refractivity contribution in [1.29, 1.82) is 0 Å². The molecule has 1 aliphatic rings. The lowest BCUT2D eigenvalue weighted by Gasteiger charge is -2.45. The fraction of sp³-hybridized carbons (Fsp3) is 0.543. The van der Waals surface area contributed by atoms with Crippen molar-refractivity contribution in [3.63, 3.8) is 0 Å². The fourth-order valence-electron chi connectivity index (χ4n) is 8.85. The summed E-state index contributed by atoms with van der Waals surface area (Å²) in [5.41, 5.74) is 2.67. The molecule has 1 N–H and O–H groups in total. The first-order chi connectivity index (χ1) is 26.3. The first kappa shape index (κ1) is 43.1. The molecule has 1 aromatic heterocycles. The van der Waals surface area contributed by atoms with E-state index in [0.717, 1.165) is 67.3 Å². The van der Waals surface area contributed by atoms with Crippen molar-refractivity contribution in [3.8, 4) is 0 Å². The molecule has 0 radical (unpaired) electrons. The topological polar surface area (TPSA) is 79.0 Å². The first-order valence-corrected chi connectivity index (χ1v) is 25.9. The highest BCUT2D eigenvalue weighted by atomic mass is 28.4. The van der Waals surface area contributed by atoms with Crippen molar-refractivity contribution >= 4 is 43.9 Å². The molecular weight excluding hydrogens is 719 g/mol. The zero-order valence-corrected chi connectivity index (χ0v) is 37.0. The third-order valence-corrected chi connectivity index (χ3v) is 17.5. The van der Waals surface area contributed by atoms with Crippen LogP contribution in [0.2, 0.25) is 24.7 Å². The Balaban J connectivity index is 1.59. The number of methoxy groups -OCH3 is 1. The number of carbonyl (C=O) groups excluding carboxylic acids is 1. The summed E-state index contributed by atoms with van der Waals surface area (Å²) in [7, 11) is -3.31. The van der Waals surface area contributed by atoms with Crippen LogP contribution < -0.4 is 10.4 Å². The monoisotopic (exact) mass is 785 g/mol. The summed E-state index contributed by atoms with van der Waals surface area (Å²) in [4.78, 5) is 17.9. The third-order valence-electron chi connectivity index (χ3n) is 11.5. The van der Waals surface area contributed by atoms with Gasteiger partial charge >= 0.3 is 5.97 Å². The van der Waals surface area contributed by atoms with Gasteiger partial charge in [0.05, 0.1) is 25.2 Å². The van der Waals surface area contributed by atoms with Crippen LogP contribution in [-0.2, 0) is 34.3 Å². The Bertz CT molecular complexity index is 1730. The molecule has 0 saturated carbocycles. The smallest absolute Gasteiger partial charge is 0.314 e. The van der Waals surface area contributed by atoms with Gasteiger partial charge < -0.3 is 28.0 Å². The number of rotatable bonds is 19. The van der Waals surface area contributed by atoms with Gasteiger partial charge in [0.15, 0.2) is 14.6 Å². The molecule has 3 aromatic carbocycles. The summed E-state index contributed by atoms with van der Waals surface area (Å²) < 4.78 is 32.6. The van der Waals surface area contributed by atoms with Crippen LogP contribution >= 0.6 is 0 Å². The molecule has 7 nitrogen and oxygen atoms in total. The molecule has 2 heterocycles. The van der Waals surface area contributed by atoms with E-state index in [2.05, 4.69) is 138 Å². The number of hydrogen-bond acceptors (Lipinski definition) is 6. The molecule has 5 rings (SSSR count). The van der Waals surface area contributed by atoms with Gasteiger partial charge in [-0.15, -0.1) is 0 Å². The van der Waals surface area contributed by atoms with Gasteiger partial charge in [0.1, 0.15) is 0 Å². The van der Waals surface area contributed by atoms with Gasteiger partial charge in [0, 0.05) is 29.8 Å². The van der Waals surface area contributed by atoms with Gasteiger partial charge in [-0.2, -0.15) is 0 Å². The number of benzene rings is 3. The summed E-state index contributed by atoms with van der Waals surface area (Å²) in [6.07, 6.45) is 6.66. The van der Waals surface area contributed by atoms with E-state index >= 15 is 0 Å². The molecule has 0 amide bonds.